The molecule has 0 amide bonds. The first-order chi connectivity index (χ1) is 15.7. The molecule has 6 nitrogen and oxygen atoms in total. The Balaban J connectivity index is 1.55. The molecule has 158 valence electrons. The molecule has 4 aromatic carbocycles. The minimum atomic E-state index is 0.741. The van der Waals surface area contributed by atoms with Gasteiger partial charge in [-0.25, -0.2) is 5.26 Å². The lowest BCUT2D eigenvalue weighted by Crippen LogP contribution is -1.99. The van der Waals surface area contributed by atoms with Crippen LogP contribution in [0.5, 0.6) is 0 Å². The lowest BCUT2D eigenvalue weighted by Gasteiger charge is -2.07. The Bertz CT molecular complexity index is 1430. The van der Waals surface area contributed by atoms with Crippen molar-refractivity contribution in [3.63, 3.8) is 0 Å². The highest BCUT2D eigenvalue weighted by Crippen LogP contribution is 2.29. The van der Waals surface area contributed by atoms with Gasteiger partial charge < -0.3 is 0 Å². The van der Waals surface area contributed by atoms with Crippen LogP contribution in [0, 0.1) is 6.92 Å². The fraction of sp³-hybridized carbons (Fsp3) is 0.0400. The maximum Gasteiger partial charge on any atom is 0.121 e. The third-order valence-corrected chi connectivity index (χ3v) is 5.82. The number of hydrogen-bond donors (Lipinski definition) is 1. The van der Waals surface area contributed by atoms with E-state index in [0.29, 0.717) is 0 Å². The second-order valence-electron chi connectivity index (χ2n) is 7.34. The second-order valence-corrected chi connectivity index (χ2v) is 8.08. The number of fused-ring (bicyclic) bond motifs is 3. The number of hydrogen-bond acceptors (Lipinski definition) is 6. The molecular formula is C25H19N3O3S. The minimum absolute atomic E-state index is 0.741. The summed E-state index contributed by atoms with van der Waals surface area (Å²) in [5.74, 6) is 0. The van der Waals surface area contributed by atoms with Crippen molar-refractivity contribution in [1.29, 1.82) is 0 Å². The van der Waals surface area contributed by atoms with E-state index >= 15 is 0 Å². The Kier molecular flexibility index (Phi) is 5.70. The summed E-state index contributed by atoms with van der Waals surface area (Å²) >= 11 is 0.910. The zero-order chi connectivity index (χ0) is 21.9. The van der Waals surface area contributed by atoms with E-state index in [9.17, 15) is 0 Å². The molecule has 0 saturated heterocycles. The highest BCUT2D eigenvalue weighted by atomic mass is 32.2. The van der Waals surface area contributed by atoms with Gasteiger partial charge in [0.1, 0.15) is 11.0 Å². The lowest BCUT2D eigenvalue weighted by molar-refractivity contribution is -0.432. The Labute approximate surface area is 188 Å². The molecule has 5 aromatic rings. The first-order valence-electron chi connectivity index (χ1n) is 10.00. The largest absolute Gasteiger partial charge is 0.220 e. The third-order valence-electron chi connectivity index (χ3n) is 5.16. The monoisotopic (exact) mass is 441 g/mol. The molecule has 32 heavy (non-hydrogen) atoms. The van der Waals surface area contributed by atoms with Gasteiger partial charge in [0, 0.05) is 10.3 Å². The average molecular weight is 442 g/mol. The molecule has 0 saturated carbocycles. The van der Waals surface area contributed by atoms with Crippen LogP contribution in [0.4, 0.5) is 0 Å². The average Bonchev–Trinajstić information content (AvgIpc) is 3.27. The van der Waals surface area contributed by atoms with E-state index in [1.54, 1.807) is 4.80 Å². The van der Waals surface area contributed by atoms with Crippen molar-refractivity contribution in [2.75, 3.05) is 0 Å². The fourth-order valence-corrected chi connectivity index (χ4v) is 4.11. The van der Waals surface area contributed by atoms with Crippen LogP contribution >= 0.6 is 12.0 Å². The van der Waals surface area contributed by atoms with Gasteiger partial charge in [-0.05, 0) is 41.6 Å². The van der Waals surface area contributed by atoms with Gasteiger partial charge in [-0.1, -0.05) is 83.4 Å². The summed E-state index contributed by atoms with van der Waals surface area (Å²) in [5, 5.41) is 24.1. The summed E-state index contributed by atoms with van der Waals surface area (Å²) < 4.78 is 4.72. The number of nitrogens with zero attached hydrogens (tertiary/aromatic N) is 3. The van der Waals surface area contributed by atoms with Gasteiger partial charge in [-0.15, -0.1) is 14.5 Å². The summed E-state index contributed by atoms with van der Waals surface area (Å²) in [5.41, 5.74) is 5.61. The van der Waals surface area contributed by atoms with Gasteiger partial charge in [-0.2, -0.15) is 4.80 Å². The predicted molar refractivity (Wildman–Crippen MR) is 127 cm³/mol. The zero-order valence-electron chi connectivity index (χ0n) is 17.2. The van der Waals surface area contributed by atoms with E-state index < -0.39 is 0 Å². The van der Waals surface area contributed by atoms with Gasteiger partial charge in [0.15, 0.2) is 0 Å². The summed E-state index contributed by atoms with van der Waals surface area (Å²) in [6, 6.07) is 26.1. The molecule has 5 rings (SSSR count). The smallest absolute Gasteiger partial charge is 0.121 e. The highest BCUT2D eigenvalue weighted by molar-refractivity contribution is 7.94. The molecule has 0 unspecified atom stereocenters. The van der Waals surface area contributed by atoms with E-state index in [1.807, 2.05) is 66.7 Å². The summed E-state index contributed by atoms with van der Waals surface area (Å²) in [7, 11) is 0. The van der Waals surface area contributed by atoms with Crippen LogP contribution in [0.1, 0.15) is 16.7 Å². The van der Waals surface area contributed by atoms with Gasteiger partial charge in [0.25, 0.3) is 0 Å². The molecule has 1 heterocycles. The molecule has 7 heteroatoms. The SMILES string of the molecule is Cc1ccc2c(ccc3nn(-c4ccc(/C=C/c5ccccc5)c(SOOO)c4)nc32)c1. The molecule has 0 fully saturated rings. The molecule has 0 spiro atoms. The van der Waals surface area contributed by atoms with Crippen LogP contribution in [0.15, 0.2) is 83.8 Å². The molecule has 0 atom stereocenters. The number of aromatic nitrogens is 3. The Morgan fingerprint density at radius 3 is 2.62 bits per heavy atom. The van der Waals surface area contributed by atoms with Crippen LogP contribution in [0.2, 0.25) is 0 Å². The minimum Gasteiger partial charge on any atom is -0.220 e. The molecule has 1 aromatic heterocycles. The van der Waals surface area contributed by atoms with Crippen molar-refractivity contribution in [3.8, 4) is 5.69 Å². The molecule has 1 N–H and O–H groups in total. The highest BCUT2D eigenvalue weighted by Gasteiger charge is 2.11. The maximum atomic E-state index is 8.64. The summed E-state index contributed by atoms with van der Waals surface area (Å²) in [6.45, 7) is 2.08. The van der Waals surface area contributed by atoms with Gasteiger partial charge >= 0.3 is 0 Å². The van der Waals surface area contributed by atoms with Crippen LogP contribution in [-0.4, -0.2) is 20.3 Å². The Hall–Kier alpha value is -3.49. The summed E-state index contributed by atoms with van der Waals surface area (Å²) in [4.78, 5) is 2.35. The molecular weight excluding hydrogens is 422 g/mol. The van der Waals surface area contributed by atoms with Gasteiger partial charge in [-0.3, -0.25) is 0 Å². The Morgan fingerprint density at radius 1 is 0.906 bits per heavy atom. The predicted octanol–water partition coefficient (Wildman–Crippen LogP) is 6.48. The second kappa shape index (κ2) is 8.94. The summed E-state index contributed by atoms with van der Waals surface area (Å²) in [6.07, 6.45) is 3.98. The van der Waals surface area contributed by atoms with Gasteiger partial charge in [0.2, 0.25) is 0 Å². The van der Waals surface area contributed by atoms with E-state index in [-0.39, 0.29) is 0 Å². The first kappa shape index (κ1) is 20.4. The first-order valence-corrected chi connectivity index (χ1v) is 10.7. The quantitative estimate of drug-likeness (QED) is 0.141. The van der Waals surface area contributed by atoms with Crippen LogP contribution in [0.3, 0.4) is 0 Å². The lowest BCUT2D eigenvalue weighted by atomic mass is 10.1. The van der Waals surface area contributed by atoms with Crippen LogP contribution in [0.25, 0.3) is 39.6 Å². The standard InChI is InChI=1S/C25H19N3O3S/c1-17-7-13-22-20(15-17)11-14-23-25(22)27-28(26-23)21-12-10-19(24(16-21)32-31-30-29)9-8-18-5-3-2-4-6-18/h2-16,29H,1H3/b9-8+. The van der Waals surface area contributed by atoms with E-state index in [1.165, 1.54) is 5.56 Å². The van der Waals surface area contributed by atoms with Crippen molar-refractivity contribution in [2.24, 2.45) is 0 Å². The zero-order valence-corrected chi connectivity index (χ0v) is 18.0. The molecule has 0 radical (unpaired) electrons. The topological polar surface area (TPSA) is 69.4 Å². The van der Waals surface area contributed by atoms with Crippen LogP contribution < -0.4 is 0 Å². The van der Waals surface area contributed by atoms with E-state index in [2.05, 4.69) is 41.3 Å². The molecule has 0 aliphatic carbocycles. The van der Waals surface area contributed by atoms with Crippen LogP contribution in [-0.2, 0) is 9.37 Å². The van der Waals surface area contributed by atoms with Gasteiger partial charge in [0.05, 0.1) is 17.7 Å². The third kappa shape index (κ3) is 4.15. The van der Waals surface area contributed by atoms with Crippen molar-refractivity contribution < 1.29 is 14.6 Å². The Morgan fingerprint density at radius 2 is 1.78 bits per heavy atom. The number of benzene rings is 4. The van der Waals surface area contributed by atoms with Crippen molar-refractivity contribution in [2.45, 2.75) is 11.8 Å². The molecule has 0 bridgehead atoms. The van der Waals surface area contributed by atoms with E-state index in [4.69, 9.17) is 14.7 Å². The maximum absolute atomic E-state index is 8.64. The van der Waals surface area contributed by atoms with E-state index in [0.717, 1.165) is 55.6 Å². The molecule has 0 aliphatic rings. The van der Waals surface area contributed by atoms with Crippen molar-refractivity contribution in [3.05, 3.63) is 95.6 Å². The fourth-order valence-electron chi connectivity index (χ4n) is 3.60. The van der Waals surface area contributed by atoms with Crippen molar-refractivity contribution in [1.82, 2.24) is 15.0 Å². The molecule has 0 aliphatic heterocycles. The van der Waals surface area contributed by atoms with Crippen molar-refractivity contribution >= 4 is 46.0 Å². The number of aryl methyl sites for hydroxylation is 1. The number of rotatable bonds is 6. The normalized spacial score (nSPS) is 11.7.